The van der Waals surface area contributed by atoms with Gasteiger partial charge in [0, 0.05) is 26.6 Å². The first kappa shape index (κ1) is 10.6. The molecule has 14 heavy (non-hydrogen) atoms. The minimum absolute atomic E-state index is 0.130. The van der Waals surface area contributed by atoms with E-state index in [0.717, 1.165) is 0 Å². The third kappa shape index (κ3) is 2.27. The van der Waals surface area contributed by atoms with Gasteiger partial charge in [0.25, 0.3) is 0 Å². The van der Waals surface area contributed by atoms with Crippen molar-refractivity contribution in [2.75, 3.05) is 14.1 Å². The molecule has 0 spiro atoms. The summed E-state index contributed by atoms with van der Waals surface area (Å²) in [5.41, 5.74) is 0. The molecule has 1 heterocycles. The SMILES string of the molecule is CNC(=O)NC1CC(C)N(C)C(=O)N1. The van der Waals surface area contributed by atoms with Gasteiger partial charge in [0.2, 0.25) is 0 Å². The first-order valence-electron chi connectivity index (χ1n) is 4.56. The minimum atomic E-state index is -0.285. The molecule has 0 aromatic heterocycles. The molecule has 4 amide bonds. The van der Waals surface area contributed by atoms with Crippen LogP contribution in [-0.2, 0) is 0 Å². The predicted octanol–water partition coefficient (Wildman–Crippen LogP) is -0.325. The van der Waals surface area contributed by atoms with Crippen LogP contribution in [0, 0.1) is 0 Å². The molecule has 0 bridgehead atoms. The largest absolute Gasteiger partial charge is 0.341 e. The fourth-order valence-electron chi connectivity index (χ4n) is 1.33. The lowest BCUT2D eigenvalue weighted by atomic mass is 10.1. The highest BCUT2D eigenvalue weighted by Crippen LogP contribution is 2.09. The number of hydrogen-bond donors (Lipinski definition) is 3. The summed E-state index contributed by atoms with van der Waals surface area (Å²) in [5.74, 6) is 0. The highest BCUT2D eigenvalue weighted by molar-refractivity contribution is 5.78. The monoisotopic (exact) mass is 200 g/mol. The zero-order valence-corrected chi connectivity index (χ0v) is 8.63. The van der Waals surface area contributed by atoms with E-state index in [2.05, 4.69) is 16.0 Å². The van der Waals surface area contributed by atoms with Crippen molar-refractivity contribution in [2.24, 2.45) is 0 Å². The fourth-order valence-corrected chi connectivity index (χ4v) is 1.33. The smallest absolute Gasteiger partial charge is 0.318 e. The molecule has 1 aliphatic heterocycles. The molecule has 6 nitrogen and oxygen atoms in total. The van der Waals surface area contributed by atoms with Gasteiger partial charge in [-0.2, -0.15) is 0 Å². The van der Waals surface area contributed by atoms with E-state index in [1.165, 1.54) is 7.05 Å². The summed E-state index contributed by atoms with van der Waals surface area (Å²) in [6.45, 7) is 1.94. The number of carbonyl (C=O) groups is 2. The number of nitrogens with zero attached hydrogens (tertiary/aromatic N) is 1. The molecule has 0 aliphatic carbocycles. The van der Waals surface area contributed by atoms with Gasteiger partial charge < -0.3 is 20.9 Å². The molecular weight excluding hydrogens is 184 g/mol. The van der Waals surface area contributed by atoms with Crippen LogP contribution in [0.25, 0.3) is 0 Å². The topological polar surface area (TPSA) is 73.5 Å². The van der Waals surface area contributed by atoms with Crippen LogP contribution in [0.15, 0.2) is 0 Å². The van der Waals surface area contributed by atoms with E-state index >= 15 is 0 Å². The van der Waals surface area contributed by atoms with E-state index in [1.807, 2.05) is 6.92 Å². The minimum Gasteiger partial charge on any atom is -0.341 e. The number of nitrogens with one attached hydrogen (secondary N) is 3. The number of amides is 4. The van der Waals surface area contributed by atoms with Crippen LogP contribution < -0.4 is 16.0 Å². The van der Waals surface area contributed by atoms with E-state index in [9.17, 15) is 9.59 Å². The molecule has 2 unspecified atom stereocenters. The molecule has 1 aliphatic rings. The average molecular weight is 200 g/mol. The Morgan fingerprint density at radius 1 is 1.64 bits per heavy atom. The Morgan fingerprint density at radius 2 is 2.29 bits per heavy atom. The zero-order valence-electron chi connectivity index (χ0n) is 8.63. The molecule has 0 aromatic rings. The summed E-state index contributed by atoms with van der Waals surface area (Å²) in [7, 11) is 3.27. The lowest BCUT2D eigenvalue weighted by Crippen LogP contribution is -2.60. The van der Waals surface area contributed by atoms with Crippen LogP contribution in [0.2, 0.25) is 0 Å². The van der Waals surface area contributed by atoms with Gasteiger partial charge in [-0.25, -0.2) is 9.59 Å². The third-order valence-corrected chi connectivity index (χ3v) is 2.39. The maximum absolute atomic E-state index is 11.3. The maximum Gasteiger partial charge on any atom is 0.318 e. The van der Waals surface area contributed by atoms with E-state index in [-0.39, 0.29) is 24.3 Å². The number of carbonyl (C=O) groups excluding carboxylic acids is 2. The second-order valence-electron chi connectivity index (χ2n) is 3.42. The Bertz CT molecular complexity index is 241. The Kier molecular flexibility index (Phi) is 3.16. The molecule has 2 atom stereocenters. The highest BCUT2D eigenvalue weighted by Gasteiger charge is 2.28. The summed E-state index contributed by atoms with van der Waals surface area (Å²) in [6, 6.07) is -0.317. The number of hydrogen-bond acceptors (Lipinski definition) is 2. The van der Waals surface area contributed by atoms with Crippen molar-refractivity contribution in [2.45, 2.75) is 25.6 Å². The van der Waals surface area contributed by atoms with Gasteiger partial charge in [-0.05, 0) is 6.92 Å². The lowest BCUT2D eigenvalue weighted by molar-refractivity contribution is 0.155. The zero-order chi connectivity index (χ0) is 10.7. The van der Waals surface area contributed by atoms with Crippen LogP contribution in [0.5, 0.6) is 0 Å². The van der Waals surface area contributed by atoms with Gasteiger partial charge in [0.1, 0.15) is 6.17 Å². The van der Waals surface area contributed by atoms with E-state index in [0.29, 0.717) is 6.42 Å². The van der Waals surface area contributed by atoms with E-state index in [4.69, 9.17) is 0 Å². The van der Waals surface area contributed by atoms with E-state index < -0.39 is 0 Å². The van der Waals surface area contributed by atoms with Gasteiger partial charge in [-0.1, -0.05) is 0 Å². The molecule has 1 rings (SSSR count). The fraction of sp³-hybridized carbons (Fsp3) is 0.750. The highest BCUT2D eigenvalue weighted by atomic mass is 16.2. The molecule has 1 fully saturated rings. The van der Waals surface area contributed by atoms with Crippen LogP contribution in [-0.4, -0.2) is 43.3 Å². The summed E-state index contributed by atoms with van der Waals surface area (Å²) >= 11 is 0. The van der Waals surface area contributed by atoms with Gasteiger partial charge in [0.05, 0.1) is 0 Å². The molecule has 0 saturated carbocycles. The van der Waals surface area contributed by atoms with Crippen molar-refractivity contribution in [3.05, 3.63) is 0 Å². The third-order valence-electron chi connectivity index (χ3n) is 2.39. The Morgan fingerprint density at radius 3 is 2.79 bits per heavy atom. The quantitative estimate of drug-likeness (QED) is 0.542. The standard InChI is InChI=1S/C8H16N4O2/c1-5-4-6(10-7(13)9-2)11-8(14)12(5)3/h5-6H,4H2,1-3H3,(H,11,14)(H2,9,10,13). The molecule has 0 radical (unpaired) electrons. The summed E-state index contributed by atoms with van der Waals surface area (Å²) in [6.07, 6.45) is 0.420. The average Bonchev–Trinajstić information content (AvgIpc) is 2.14. The first-order valence-corrected chi connectivity index (χ1v) is 4.56. The van der Waals surface area contributed by atoms with Gasteiger partial charge in [-0.15, -0.1) is 0 Å². The molecular formula is C8H16N4O2. The van der Waals surface area contributed by atoms with Gasteiger partial charge in [0.15, 0.2) is 0 Å². The second kappa shape index (κ2) is 4.17. The predicted molar refractivity (Wildman–Crippen MR) is 51.8 cm³/mol. The normalized spacial score (nSPS) is 26.8. The van der Waals surface area contributed by atoms with Crippen molar-refractivity contribution in [3.63, 3.8) is 0 Å². The lowest BCUT2D eigenvalue weighted by Gasteiger charge is -2.35. The Labute approximate surface area is 83.0 Å². The molecule has 3 N–H and O–H groups in total. The van der Waals surface area contributed by atoms with Gasteiger partial charge >= 0.3 is 12.1 Å². The van der Waals surface area contributed by atoms with Crippen molar-refractivity contribution < 1.29 is 9.59 Å². The van der Waals surface area contributed by atoms with Crippen molar-refractivity contribution in [1.82, 2.24) is 20.9 Å². The molecule has 80 valence electrons. The van der Waals surface area contributed by atoms with Crippen LogP contribution in [0.3, 0.4) is 0 Å². The number of rotatable bonds is 1. The first-order chi connectivity index (χ1) is 6.54. The summed E-state index contributed by atoms with van der Waals surface area (Å²) < 4.78 is 0. The van der Waals surface area contributed by atoms with Crippen LogP contribution in [0.1, 0.15) is 13.3 Å². The second-order valence-corrected chi connectivity index (χ2v) is 3.42. The summed E-state index contributed by atoms with van der Waals surface area (Å²) in [4.78, 5) is 23.9. The molecule has 0 aromatic carbocycles. The molecule has 1 saturated heterocycles. The molecule has 6 heteroatoms. The summed E-state index contributed by atoms with van der Waals surface area (Å²) in [5, 5.41) is 7.76. The Hall–Kier alpha value is -1.46. The van der Waals surface area contributed by atoms with E-state index in [1.54, 1.807) is 11.9 Å². The van der Waals surface area contributed by atoms with Crippen molar-refractivity contribution in [1.29, 1.82) is 0 Å². The van der Waals surface area contributed by atoms with Gasteiger partial charge in [-0.3, -0.25) is 0 Å². The maximum atomic E-state index is 11.3. The number of urea groups is 2. The Balaban J connectivity index is 2.50. The van der Waals surface area contributed by atoms with Crippen LogP contribution in [0.4, 0.5) is 9.59 Å². The van der Waals surface area contributed by atoms with Crippen LogP contribution >= 0.6 is 0 Å². The van der Waals surface area contributed by atoms with Crippen molar-refractivity contribution >= 4 is 12.1 Å². The van der Waals surface area contributed by atoms with Crippen molar-refractivity contribution in [3.8, 4) is 0 Å².